The third kappa shape index (κ3) is 2.26. The Hall–Kier alpha value is -3.30. The first-order valence-electron chi connectivity index (χ1n) is 9.34. The predicted octanol–water partition coefficient (Wildman–Crippen LogP) is 7.13. The number of aromatic nitrogens is 2. The number of pyridine rings is 2. The van der Waals surface area contributed by atoms with Gasteiger partial charge in [0.05, 0.1) is 5.69 Å². The lowest BCUT2D eigenvalue weighted by Gasteiger charge is -2.09. The standard InChI is InChI=1S/C25H16N2S/c1-15-12-16-6-8-20-18(22(16)14-27-15)10-11-26-25(20)17-7-9-24-21(13-17)19-4-2-3-5-23(19)28-24/h2-14H,1H3. The minimum atomic E-state index is 1.03. The molecule has 3 heterocycles. The van der Waals surface area contributed by atoms with Crippen molar-refractivity contribution in [1.82, 2.24) is 9.97 Å². The van der Waals surface area contributed by atoms with E-state index >= 15 is 0 Å². The molecular formula is C25H16N2S. The van der Waals surface area contributed by atoms with Gasteiger partial charge in [0.25, 0.3) is 0 Å². The largest absolute Gasteiger partial charge is 0.261 e. The Morgan fingerprint density at radius 3 is 2.54 bits per heavy atom. The summed E-state index contributed by atoms with van der Waals surface area (Å²) < 4.78 is 2.64. The van der Waals surface area contributed by atoms with Crippen molar-refractivity contribution in [3.63, 3.8) is 0 Å². The zero-order valence-corrected chi connectivity index (χ0v) is 16.1. The fourth-order valence-corrected chi connectivity index (χ4v) is 5.18. The van der Waals surface area contributed by atoms with Crippen molar-refractivity contribution in [1.29, 1.82) is 0 Å². The Balaban J connectivity index is 1.65. The highest BCUT2D eigenvalue weighted by Crippen LogP contribution is 2.38. The molecule has 0 saturated carbocycles. The Morgan fingerprint density at radius 1 is 0.679 bits per heavy atom. The summed E-state index contributed by atoms with van der Waals surface area (Å²) in [6.45, 7) is 2.03. The molecule has 0 N–H and O–H groups in total. The molecule has 3 aromatic heterocycles. The molecule has 0 amide bonds. The van der Waals surface area contributed by atoms with E-state index < -0.39 is 0 Å². The second kappa shape index (κ2) is 5.85. The summed E-state index contributed by atoms with van der Waals surface area (Å²) in [7, 11) is 0. The van der Waals surface area contributed by atoms with Crippen molar-refractivity contribution >= 4 is 53.1 Å². The molecule has 0 bridgehead atoms. The quantitative estimate of drug-likeness (QED) is 0.285. The monoisotopic (exact) mass is 376 g/mol. The van der Waals surface area contributed by atoms with Crippen LogP contribution in [0.3, 0.4) is 0 Å². The van der Waals surface area contributed by atoms with Crippen LogP contribution in [0.4, 0.5) is 0 Å². The van der Waals surface area contributed by atoms with Crippen LogP contribution in [0.1, 0.15) is 5.69 Å². The molecule has 0 aliphatic carbocycles. The molecule has 0 unspecified atom stereocenters. The zero-order valence-electron chi connectivity index (χ0n) is 15.3. The van der Waals surface area contributed by atoms with E-state index in [2.05, 4.69) is 71.7 Å². The van der Waals surface area contributed by atoms with Gasteiger partial charge in [-0.1, -0.05) is 36.4 Å². The molecule has 0 fully saturated rings. The van der Waals surface area contributed by atoms with Gasteiger partial charge in [0.15, 0.2) is 0 Å². The zero-order chi connectivity index (χ0) is 18.7. The van der Waals surface area contributed by atoms with Gasteiger partial charge in [0.2, 0.25) is 0 Å². The molecule has 0 aliphatic heterocycles. The predicted molar refractivity (Wildman–Crippen MR) is 120 cm³/mol. The van der Waals surface area contributed by atoms with Crippen molar-refractivity contribution in [2.45, 2.75) is 6.92 Å². The summed E-state index contributed by atoms with van der Waals surface area (Å²) in [6.07, 6.45) is 3.89. The second-order valence-corrected chi connectivity index (χ2v) is 8.26. The summed E-state index contributed by atoms with van der Waals surface area (Å²) in [5.74, 6) is 0. The first kappa shape index (κ1) is 15.7. The highest BCUT2D eigenvalue weighted by molar-refractivity contribution is 7.25. The Bertz CT molecular complexity index is 1530. The molecular weight excluding hydrogens is 360 g/mol. The summed E-state index contributed by atoms with van der Waals surface area (Å²) in [4.78, 5) is 9.26. The van der Waals surface area contributed by atoms with E-state index in [0.717, 1.165) is 17.0 Å². The third-order valence-electron chi connectivity index (χ3n) is 5.43. The lowest BCUT2D eigenvalue weighted by Crippen LogP contribution is -1.88. The highest BCUT2D eigenvalue weighted by atomic mass is 32.1. The number of benzene rings is 3. The molecule has 3 heteroatoms. The SMILES string of the molecule is Cc1cc2ccc3c(-c4ccc5sc6ccccc6c5c4)nccc3c2cn1. The topological polar surface area (TPSA) is 25.8 Å². The van der Waals surface area contributed by atoms with Crippen LogP contribution < -0.4 is 0 Å². The smallest absolute Gasteiger partial charge is 0.0780 e. The Kier molecular flexibility index (Phi) is 3.28. The van der Waals surface area contributed by atoms with Crippen LogP contribution in [0.2, 0.25) is 0 Å². The van der Waals surface area contributed by atoms with Gasteiger partial charge >= 0.3 is 0 Å². The van der Waals surface area contributed by atoms with Crippen molar-refractivity contribution in [2.75, 3.05) is 0 Å². The number of thiophene rings is 1. The van der Waals surface area contributed by atoms with Gasteiger partial charge in [-0.3, -0.25) is 9.97 Å². The van der Waals surface area contributed by atoms with E-state index in [9.17, 15) is 0 Å². The molecule has 0 aliphatic rings. The minimum absolute atomic E-state index is 1.03. The molecule has 132 valence electrons. The van der Waals surface area contributed by atoms with Crippen LogP contribution in [0, 0.1) is 6.92 Å². The van der Waals surface area contributed by atoms with E-state index in [4.69, 9.17) is 4.98 Å². The van der Waals surface area contributed by atoms with Crippen LogP contribution in [-0.4, -0.2) is 9.97 Å². The van der Waals surface area contributed by atoms with Crippen molar-refractivity contribution in [3.05, 3.63) is 84.8 Å². The van der Waals surface area contributed by atoms with Crippen LogP contribution in [-0.2, 0) is 0 Å². The van der Waals surface area contributed by atoms with Gasteiger partial charge in [-0.25, -0.2) is 0 Å². The fourth-order valence-electron chi connectivity index (χ4n) is 4.10. The first-order valence-corrected chi connectivity index (χ1v) is 10.2. The van der Waals surface area contributed by atoms with Gasteiger partial charge in [-0.15, -0.1) is 11.3 Å². The van der Waals surface area contributed by atoms with Crippen LogP contribution in [0.15, 0.2) is 79.1 Å². The van der Waals surface area contributed by atoms with E-state index in [-0.39, 0.29) is 0 Å². The molecule has 0 radical (unpaired) electrons. The van der Waals surface area contributed by atoms with Gasteiger partial charge < -0.3 is 0 Å². The van der Waals surface area contributed by atoms with Crippen molar-refractivity contribution < 1.29 is 0 Å². The molecule has 0 atom stereocenters. The number of hydrogen-bond donors (Lipinski definition) is 0. The van der Waals surface area contributed by atoms with E-state index in [1.54, 1.807) is 0 Å². The average Bonchev–Trinajstić information content (AvgIpc) is 3.11. The summed E-state index contributed by atoms with van der Waals surface area (Å²) in [5.41, 5.74) is 3.22. The molecule has 6 rings (SSSR count). The number of fused-ring (bicyclic) bond motifs is 6. The maximum absolute atomic E-state index is 4.76. The number of hydrogen-bond acceptors (Lipinski definition) is 3. The van der Waals surface area contributed by atoms with Crippen LogP contribution >= 0.6 is 11.3 Å². The van der Waals surface area contributed by atoms with Crippen LogP contribution in [0.25, 0.3) is 53.0 Å². The average molecular weight is 376 g/mol. The lowest BCUT2D eigenvalue weighted by molar-refractivity contribution is 1.23. The summed E-state index contributed by atoms with van der Waals surface area (Å²) in [5, 5.41) is 7.37. The highest BCUT2D eigenvalue weighted by Gasteiger charge is 2.11. The maximum atomic E-state index is 4.76. The molecule has 0 saturated heterocycles. The molecule has 6 aromatic rings. The van der Waals surface area contributed by atoms with Gasteiger partial charge in [-0.05, 0) is 48.0 Å². The van der Waals surface area contributed by atoms with Gasteiger partial charge in [0.1, 0.15) is 0 Å². The molecule has 0 spiro atoms. The summed E-state index contributed by atoms with van der Waals surface area (Å²) in [6, 6.07) is 23.9. The normalized spacial score (nSPS) is 11.8. The maximum Gasteiger partial charge on any atom is 0.0780 e. The molecule has 28 heavy (non-hydrogen) atoms. The van der Waals surface area contributed by atoms with E-state index in [0.29, 0.717) is 0 Å². The van der Waals surface area contributed by atoms with Crippen molar-refractivity contribution in [2.24, 2.45) is 0 Å². The van der Waals surface area contributed by atoms with Crippen molar-refractivity contribution in [3.8, 4) is 11.3 Å². The van der Waals surface area contributed by atoms with Gasteiger partial charge in [0, 0.05) is 54.6 Å². The third-order valence-corrected chi connectivity index (χ3v) is 6.58. The molecule has 2 nitrogen and oxygen atoms in total. The summed E-state index contributed by atoms with van der Waals surface area (Å²) >= 11 is 1.84. The number of nitrogens with zero attached hydrogens (tertiary/aromatic N) is 2. The molecule has 3 aromatic carbocycles. The number of rotatable bonds is 1. The number of aryl methyl sites for hydroxylation is 1. The lowest BCUT2D eigenvalue weighted by atomic mass is 9.98. The second-order valence-electron chi connectivity index (χ2n) is 7.18. The minimum Gasteiger partial charge on any atom is -0.261 e. The van der Waals surface area contributed by atoms with E-state index in [1.165, 1.54) is 41.7 Å². The fraction of sp³-hybridized carbons (Fsp3) is 0.0400. The first-order chi connectivity index (χ1) is 13.8. The van der Waals surface area contributed by atoms with E-state index in [1.807, 2.05) is 30.7 Å². The van der Waals surface area contributed by atoms with Gasteiger partial charge in [-0.2, -0.15) is 0 Å². The Labute approximate surface area is 166 Å². The Morgan fingerprint density at radius 2 is 1.57 bits per heavy atom. The van der Waals surface area contributed by atoms with Crippen LogP contribution in [0.5, 0.6) is 0 Å².